The first-order valence-corrected chi connectivity index (χ1v) is 7.90. The van der Waals surface area contributed by atoms with Crippen molar-refractivity contribution >= 4 is 15.7 Å². The first-order chi connectivity index (χ1) is 9.57. The summed E-state index contributed by atoms with van der Waals surface area (Å²) in [5.74, 6) is 0. The molecule has 20 heavy (non-hydrogen) atoms. The monoisotopic (exact) mass is 289 g/mol. The topological polar surface area (TPSA) is 57.6 Å². The summed E-state index contributed by atoms with van der Waals surface area (Å²) in [6.45, 7) is 2.11. The van der Waals surface area contributed by atoms with E-state index in [1.807, 2.05) is 0 Å². The molecular formula is C15H15NO3S. The van der Waals surface area contributed by atoms with E-state index in [4.69, 9.17) is 0 Å². The average molecular weight is 289 g/mol. The van der Waals surface area contributed by atoms with Crippen LogP contribution in [0.15, 0.2) is 53.4 Å². The predicted octanol–water partition coefficient (Wildman–Crippen LogP) is 2.30. The SMILES string of the molecule is CCN1c2ccccc2C(O)c2ccccc2S1(=O)=O. The quantitative estimate of drug-likeness (QED) is 0.876. The smallest absolute Gasteiger partial charge is 0.264 e. The van der Waals surface area contributed by atoms with Crippen molar-refractivity contribution in [2.24, 2.45) is 0 Å². The van der Waals surface area contributed by atoms with E-state index in [0.29, 0.717) is 23.4 Å². The molecule has 1 heterocycles. The molecule has 1 atom stereocenters. The molecule has 104 valence electrons. The average Bonchev–Trinajstić information content (AvgIpc) is 2.53. The van der Waals surface area contributed by atoms with E-state index >= 15 is 0 Å². The highest BCUT2D eigenvalue weighted by atomic mass is 32.2. The first-order valence-electron chi connectivity index (χ1n) is 6.46. The van der Waals surface area contributed by atoms with Crippen molar-refractivity contribution in [2.75, 3.05) is 10.8 Å². The minimum atomic E-state index is -3.64. The van der Waals surface area contributed by atoms with Crippen molar-refractivity contribution in [1.82, 2.24) is 0 Å². The largest absolute Gasteiger partial charge is 0.384 e. The van der Waals surface area contributed by atoms with Crippen LogP contribution in [0.4, 0.5) is 5.69 Å². The van der Waals surface area contributed by atoms with Gasteiger partial charge in [-0.25, -0.2) is 8.42 Å². The molecule has 0 aromatic heterocycles. The molecule has 1 N–H and O–H groups in total. The maximum absolute atomic E-state index is 12.8. The molecule has 0 spiro atoms. The Morgan fingerprint density at radius 1 is 1.05 bits per heavy atom. The van der Waals surface area contributed by atoms with Crippen LogP contribution in [-0.4, -0.2) is 20.1 Å². The van der Waals surface area contributed by atoms with Gasteiger partial charge in [0, 0.05) is 17.7 Å². The van der Waals surface area contributed by atoms with Crippen LogP contribution < -0.4 is 4.31 Å². The van der Waals surface area contributed by atoms with Crippen molar-refractivity contribution < 1.29 is 13.5 Å². The Morgan fingerprint density at radius 2 is 1.65 bits per heavy atom. The second-order valence-electron chi connectivity index (χ2n) is 4.67. The van der Waals surface area contributed by atoms with Crippen molar-refractivity contribution in [3.05, 3.63) is 59.7 Å². The molecule has 0 aliphatic carbocycles. The maximum Gasteiger partial charge on any atom is 0.264 e. The van der Waals surface area contributed by atoms with Crippen molar-refractivity contribution in [3.8, 4) is 0 Å². The molecule has 1 aliphatic rings. The lowest BCUT2D eigenvalue weighted by Gasteiger charge is -2.22. The van der Waals surface area contributed by atoms with Crippen LogP contribution in [0.25, 0.3) is 0 Å². The Morgan fingerprint density at radius 3 is 2.35 bits per heavy atom. The number of para-hydroxylation sites is 1. The zero-order valence-electron chi connectivity index (χ0n) is 11.0. The van der Waals surface area contributed by atoms with E-state index in [1.54, 1.807) is 55.5 Å². The van der Waals surface area contributed by atoms with Gasteiger partial charge in [-0.05, 0) is 19.1 Å². The highest BCUT2D eigenvalue weighted by Crippen LogP contribution is 2.40. The fraction of sp³-hybridized carbons (Fsp3) is 0.200. The van der Waals surface area contributed by atoms with Gasteiger partial charge in [0.15, 0.2) is 0 Å². The molecule has 0 amide bonds. The Balaban J connectivity index is 2.41. The minimum absolute atomic E-state index is 0.172. The van der Waals surface area contributed by atoms with Gasteiger partial charge in [-0.3, -0.25) is 4.31 Å². The zero-order valence-corrected chi connectivity index (χ0v) is 11.8. The number of fused-ring (bicyclic) bond motifs is 2. The molecule has 4 nitrogen and oxygen atoms in total. The predicted molar refractivity (Wildman–Crippen MR) is 77.2 cm³/mol. The lowest BCUT2D eigenvalue weighted by molar-refractivity contribution is 0.218. The molecule has 1 unspecified atom stereocenters. The summed E-state index contributed by atoms with van der Waals surface area (Å²) in [5.41, 5.74) is 1.58. The lowest BCUT2D eigenvalue weighted by Crippen LogP contribution is -2.30. The van der Waals surface area contributed by atoms with Crippen LogP contribution in [0.3, 0.4) is 0 Å². The second kappa shape index (κ2) is 4.61. The highest BCUT2D eigenvalue weighted by Gasteiger charge is 2.34. The van der Waals surface area contributed by atoms with E-state index in [2.05, 4.69) is 0 Å². The van der Waals surface area contributed by atoms with Crippen LogP contribution in [0, 0.1) is 0 Å². The lowest BCUT2D eigenvalue weighted by atomic mass is 10.00. The van der Waals surface area contributed by atoms with Gasteiger partial charge in [0.1, 0.15) is 6.10 Å². The second-order valence-corrected chi connectivity index (χ2v) is 6.50. The van der Waals surface area contributed by atoms with Gasteiger partial charge >= 0.3 is 0 Å². The fourth-order valence-electron chi connectivity index (χ4n) is 2.64. The molecule has 3 rings (SSSR count). The first kappa shape index (κ1) is 13.1. The Bertz CT molecular complexity index is 755. The maximum atomic E-state index is 12.8. The molecule has 5 heteroatoms. The van der Waals surface area contributed by atoms with E-state index < -0.39 is 16.1 Å². The molecule has 0 radical (unpaired) electrons. The van der Waals surface area contributed by atoms with E-state index in [9.17, 15) is 13.5 Å². The van der Waals surface area contributed by atoms with E-state index in [-0.39, 0.29) is 4.90 Å². The molecular weight excluding hydrogens is 274 g/mol. The molecule has 0 bridgehead atoms. The van der Waals surface area contributed by atoms with Crippen LogP contribution in [0.1, 0.15) is 24.2 Å². The van der Waals surface area contributed by atoms with Crippen molar-refractivity contribution in [1.29, 1.82) is 0 Å². The van der Waals surface area contributed by atoms with Crippen molar-refractivity contribution in [3.63, 3.8) is 0 Å². The normalized spacial score (nSPS) is 19.9. The molecule has 0 saturated heterocycles. The summed E-state index contributed by atoms with van der Waals surface area (Å²) in [7, 11) is -3.64. The number of hydrogen-bond donors (Lipinski definition) is 1. The van der Waals surface area contributed by atoms with Gasteiger partial charge in [0.05, 0.1) is 10.6 Å². The summed E-state index contributed by atoms with van der Waals surface area (Å²) in [6, 6.07) is 13.7. The standard InChI is InChI=1S/C15H15NO3S/c1-2-16-13-9-5-3-7-11(13)15(17)12-8-4-6-10-14(12)20(16,18)19/h3-10,15,17H,2H2,1H3. The van der Waals surface area contributed by atoms with Gasteiger partial charge in [-0.15, -0.1) is 0 Å². The zero-order chi connectivity index (χ0) is 14.3. The number of aliphatic hydroxyl groups is 1. The van der Waals surface area contributed by atoms with E-state index in [0.717, 1.165) is 0 Å². The number of rotatable bonds is 1. The molecule has 2 aromatic rings. The number of benzene rings is 2. The number of nitrogens with zero attached hydrogens (tertiary/aromatic N) is 1. The third-order valence-corrected chi connectivity index (χ3v) is 5.53. The fourth-order valence-corrected chi connectivity index (χ4v) is 4.37. The third-order valence-electron chi connectivity index (χ3n) is 3.57. The summed E-state index contributed by atoms with van der Waals surface area (Å²) >= 11 is 0. The number of aliphatic hydroxyl groups excluding tert-OH is 1. The molecule has 2 aromatic carbocycles. The van der Waals surface area contributed by atoms with Gasteiger partial charge in [0.2, 0.25) is 0 Å². The molecule has 0 saturated carbocycles. The van der Waals surface area contributed by atoms with Crippen LogP contribution >= 0.6 is 0 Å². The van der Waals surface area contributed by atoms with Gasteiger partial charge < -0.3 is 5.11 Å². The summed E-state index contributed by atoms with van der Waals surface area (Å²) < 4.78 is 26.9. The van der Waals surface area contributed by atoms with Crippen LogP contribution in [0.2, 0.25) is 0 Å². The van der Waals surface area contributed by atoms with Crippen molar-refractivity contribution in [2.45, 2.75) is 17.9 Å². The molecule has 1 aliphatic heterocycles. The molecule has 0 fully saturated rings. The van der Waals surface area contributed by atoms with Crippen LogP contribution in [0.5, 0.6) is 0 Å². The summed E-state index contributed by atoms with van der Waals surface area (Å²) in [5, 5.41) is 10.5. The minimum Gasteiger partial charge on any atom is -0.384 e. The Kier molecular flexibility index (Phi) is 3.03. The number of sulfonamides is 1. The number of hydrogen-bond acceptors (Lipinski definition) is 3. The number of anilines is 1. The van der Waals surface area contributed by atoms with E-state index in [1.165, 1.54) is 4.31 Å². The van der Waals surface area contributed by atoms with Gasteiger partial charge in [-0.1, -0.05) is 36.4 Å². The van der Waals surface area contributed by atoms with Gasteiger partial charge in [0.25, 0.3) is 10.0 Å². The van der Waals surface area contributed by atoms with Crippen LogP contribution in [-0.2, 0) is 10.0 Å². The summed E-state index contributed by atoms with van der Waals surface area (Å²) in [4.78, 5) is 0.172. The summed E-state index contributed by atoms with van der Waals surface area (Å²) in [6.07, 6.45) is -0.936. The van der Waals surface area contributed by atoms with Gasteiger partial charge in [-0.2, -0.15) is 0 Å². The Labute approximate surface area is 118 Å². The third kappa shape index (κ3) is 1.74. The Hall–Kier alpha value is -1.85. The highest BCUT2D eigenvalue weighted by molar-refractivity contribution is 7.93.